The average Bonchev–Trinajstić information content (AvgIpc) is 3.51. The second-order valence-corrected chi connectivity index (χ2v) is 17.9. The second-order valence-electron chi connectivity index (χ2n) is 17.9. The monoisotopic (exact) mass is 646 g/mol. The van der Waals surface area contributed by atoms with Gasteiger partial charge in [0.15, 0.2) is 0 Å². The van der Waals surface area contributed by atoms with Crippen LogP contribution in [0.2, 0.25) is 0 Å². The summed E-state index contributed by atoms with van der Waals surface area (Å²) in [6, 6.07) is 7.76. The number of hydrogen-bond donors (Lipinski definition) is 0. The molecule has 7 heteroatoms. The number of ether oxygens (including phenoxy) is 2. The van der Waals surface area contributed by atoms with Crippen molar-refractivity contribution in [3.63, 3.8) is 0 Å². The number of esters is 1. The Balaban J connectivity index is 1.03. The summed E-state index contributed by atoms with van der Waals surface area (Å²) in [4.78, 5) is 44.1. The fourth-order valence-corrected chi connectivity index (χ4v) is 11.3. The molecular formula is C40H58N2O5. The molecule has 0 bridgehead atoms. The molecule has 2 aliphatic heterocycles. The Morgan fingerprint density at radius 3 is 2.40 bits per heavy atom. The molecule has 0 aromatic heterocycles. The van der Waals surface area contributed by atoms with E-state index in [0.717, 1.165) is 70.9 Å². The van der Waals surface area contributed by atoms with E-state index < -0.39 is 11.7 Å². The molecule has 1 aromatic carbocycles. The maximum absolute atomic E-state index is 13.5. The Kier molecular flexibility index (Phi) is 8.57. The van der Waals surface area contributed by atoms with Crippen molar-refractivity contribution in [1.29, 1.82) is 0 Å². The Bertz CT molecular complexity index is 1360. The van der Waals surface area contributed by atoms with Crippen LogP contribution in [0, 0.1) is 34.5 Å². The van der Waals surface area contributed by atoms with Gasteiger partial charge in [0, 0.05) is 18.4 Å². The van der Waals surface area contributed by atoms with Crippen LogP contribution in [0.15, 0.2) is 24.3 Å². The summed E-state index contributed by atoms with van der Waals surface area (Å²) in [5.41, 5.74) is 1.44. The zero-order valence-electron chi connectivity index (χ0n) is 29.7. The van der Waals surface area contributed by atoms with Gasteiger partial charge >= 0.3 is 12.1 Å². The van der Waals surface area contributed by atoms with Crippen molar-refractivity contribution in [2.24, 2.45) is 34.5 Å². The molecule has 1 unspecified atom stereocenters. The highest BCUT2D eigenvalue weighted by atomic mass is 16.6. The number of nitrogens with zero attached hydrogens (tertiary/aromatic N) is 2. The van der Waals surface area contributed by atoms with Gasteiger partial charge in [0.1, 0.15) is 17.5 Å². The Morgan fingerprint density at radius 2 is 1.68 bits per heavy atom. The van der Waals surface area contributed by atoms with Gasteiger partial charge in [-0.3, -0.25) is 9.69 Å². The van der Waals surface area contributed by atoms with Crippen LogP contribution in [0.25, 0.3) is 0 Å². The molecule has 1 amide bonds. The fourth-order valence-electron chi connectivity index (χ4n) is 11.3. The number of likely N-dealkylation sites (tertiary alicyclic amines) is 1. The molecule has 8 atom stereocenters. The third-order valence-electron chi connectivity index (χ3n) is 14.1. The summed E-state index contributed by atoms with van der Waals surface area (Å²) < 4.78 is 12.6. The molecule has 1 spiro atoms. The lowest BCUT2D eigenvalue weighted by Gasteiger charge is -2.61. The Hall–Kier alpha value is -2.41. The molecular weight excluding hydrogens is 588 g/mol. The highest BCUT2D eigenvalue weighted by Gasteiger charge is 2.63. The molecule has 4 saturated carbocycles. The molecule has 0 N–H and O–H groups in total. The lowest BCUT2D eigenvalue weighted by Crippen LogP contribution is -2.56. The van der Waals surface area contributed by atoms with Gasteiger partial charge in [0.05, 0.1) is 18.7 Å². The van der Waals surface area contributed by atoms with Crippen molar-refractivity contribution in [2.75, 3.05) is 32.7 Å². The van der Waals surface area contributed by atoms with E-state index in [1.54, 1.807) is 0 Å². The number of hydrogen-bond acceptors (Lipinski definition) is 6. The van der Waals surface area contributed by atoms with Gasteiger partial charge in [-0.15, -0.1) is 0 Å². The summed E-state index contributed by atoms with van der Waals surface area (Å²) >= 11 is 0. The standard InChI is InChI=1S/C40H58N2O5/c1-37(2,3)28-11-9-27(10-12-28)35(44)46-30(24-41-21-7-6-8-22-41)25-42-26-40(47-36(42)45)20-19-38(4)29(23-40)13-14-31-32-15-16-34(43)39(32,5)18-17-33(31)38/h9-12,29-33H,6-8,13-26H2,1-5H3/t29-,30?,31-,32-,33-,38-,39-,40+/m0/s1. The van der Waals surface area contributed by atoms with Crippen molar-refractivity contribution >= 4 is 17.8 Å². The molecule has 7 rings (SSSR count). The molecule has 258 valence electrons. The highest BCUT2D eigenvalue weighted by Crippen LogP contribution is 2.66. The van der Waals surface area contributed by atoms with Crippen LogP contribution >= 0.6 is 0 Å². The number of rotatable bonds is 6. The predicted molar refractivity (Wildman–Crippen MR) is 182 cm³/mol. The number of carbonyl (C=O) groups is 3. The SMILES string of the molecule is CC(C)(C)c1ccc(C(=O)OC(CN2CCCCC2)CN2C[C@]3(CC[C@@]4(C)[C@@H](CC[C@@H]5[C@@H]4CC[C@]4(C)C(=O)CC[C@@H]54)C3)OC2=O)cc1. The summed E-state index contributed by atoms with van der Waals surface area (Å²) in [6.07, 6.45) is 12.2. The fraction of sp³-hybridized carbons (Fsp3) is 0.775. The first-order chi connectivity index (χ1) is 22.3. The maximum Gasteiger partial charge on any atom is 0.410 e. The molecule has 47 heavy (non-hydrogen) atoms. The van der Waals surface area contributed by atoms with E-state index in [2.05, 4.69) is 39.5 Å². The largest absolute Gasteiger partial charge is 0.456 e. The smallest absolute Gasteiger partial charge is 0.410 e. The van der Waals surface area contributed by atoms with Crippen LogP contribution in [0.4, 0.5) is 4.79 Å². The van der Waals surface area contributed by atoms with Gasteiger partial charge in [-0.2, -0.15) is 0 Å². The van der Waals surface area contributed by atoms with E-state index in [1.165, 1.54) is 24.8 Å². The van der Waals surface area contributed by atoms with E-state index in [9.17, 15) is 14.4 Å². The highest BCUT2D eigenvalue weighted by molar-refractivity contribution is 5.89. The molecule has 7 nitrogen and oxygen atoms in total. The van der Waals surface area contributed by atoms with Crippen molar-refractivity contribution in [3.05, 3.63) is 35.4 Å². The van der Waals surface area contributed by atoms with Crippen molar-refractivity contribution < 1.29 is 23.9 Å². The third kappa shape index (κ3) is 6.06. The first-order valence-electron chi connectivity index (χ1n) is 18.8. The zero-order valence-corrected chi connectivity index (χ0v) is 29.7. The first kappa shape index (κ1) is 33.1. The van der Waals surface area contributed by atoms with Crippen molar-refractivity contribution in [3.8, 4) is 0 Å². The lowest BCUT2D eigenvalue weighted by atomic mass is 9.44. The van der Waals surface area contributed by atoms with Gasteiger partial charge in [-0.05, 0) is 129 Å². The van der Waals surface area contributed by atoms with Crippen LogP contribution in [0.5, 0.6) is 0 Å². The number of amides is 1. The molecule has 0 radical (unpaired) electrons. The van der Waals surface area contributed by atoms with E-state index >= 15 is 0 Å². The summed E-state index contributed by atoms with van der Waals surface area (Å²) in [5.74, 6) is 2.60. The van der Waals surface area contributed by atoms with E-state index in [4.69, 9.17) is 9.47 Å². The van der Waals surface area contributed by atoms with Crippen LogP contribution in [-0.2, 0) is 19.7 Å². The number of ketones is 1. The van der Waals surface area contributed by atoms with Gasteiger partial charge < -0.3 is 14.4 Å². The quantitative estimate of drug-likeness (QED) is 0.294. The van der Waals surface area contributed by atoms with Crippen LogP contribution in [0.1, 0.15) is 128 Å². The second kappa shape index (κ2) is 12.2. The Labute approximate surface area is 282 Å². The van der Waals surface area contributed by atoms with Crippen LogP contribution < -0.4 is 0 Å². The summed E-state index contributed by atoms with van der Waals surface area (Å²) in [7, 11) is 0. The van der Waals surface area contributed by atoms with Gasteiger partial charge in [0.2, 0.25) is 0 Å². The zero-order chi connectivity index (χ0) is 33.2. The lowest BCUT2D eigenvalue weighted by molar-refractivity contribution is -0.149. The van der Waals surface area contributed by atoms with Gasteiger partial charge in [-0.1, -0.05) is 53.2 Å². The first-order valence-corrected chi connectivity index (χ1v) is 18.8. The summed E-state index contributed by atoms with van der Waals surface area (Å²) in [6.45, 7) is 14.9. The van der Waals surface area contributed by atoms with Gasteiger partial charge in [0.25, 0.3) is 0 Å². The molecule has 4 aliphatic carbocycles. The molecule has 6 aliphatic rings. The summed E-state index contributed by atoms with van der Waals surface area (Å²) in [5, 5.41) is 0. The van der Waals surface area contributed by atoms with E-state index in [1.807, 2.05) is 29.2 Å². The minimum atomic E-state index is -0.455. The molecule has 2 saturated heterocycles. The number of piperidine rings is 1. The average molecular weight is 647 g/mol. The van der Waals surface area contributed by atoms with E-state index in [-0.39, 0.29) is 28.3 Å². The number of carbonyl (C=O) groups excluding carboxylic acids is 3. The number of fused-ring (bicyclic) bond motifs is 5. The Morgan fingerprint density at radius 1 is 0.936 bits per heavy atom. The third-order valence-corrected chi connectivity index (χ3v) is 14.1. The van der Waals surface area contributed by atoms with Crippen LogP contribution in [-0.4, -0.2) is 72.1 Å². The van der Waals surface area contributed by atoms with Crippen molar-refractivity contribution in [2.45, 2.75) is 129 Å². The molecule has 2 heterocycles. The van der Waals surface area contributed by atoms with E-state index in [0.29, 0.717) is 54.7 Å². The molecule has 1 aromatic rings. The molecule has 6 fully saturated rings. The van der Waals surface area contributed by atoms with Crippen molar-refractivity contribution in [1.82, 2.24) is 9.80 Å². The topological polar surface area (TPSA) is 76.2 Å². The van der Waals surface area contributed by atoms with Crippen LogP contribution in [0.3, 0.4) is 0 Å². The normalized spacial score (nSPS) is 38.0. The maximum atomic E-state index is 13.5. The minimum absolute atomic E-state index is 0.00933. The predicted octanol–water partition coefficient (Wildman–Crippen LogP) is 7.80. The number of Topliss-reactive ketones (excluding diaryl/α,β-unsaturated/α-hetero) is 1. The minimum Gasteiger partial charge on any atom is -0.456 e. The van der Waals surface area contributed by atoms with Gasteiger partial charge in [-0.25, -0.2) is 9.59 Å². The number of benzene rings is 1.